The van der Waals surface area contributed by atoms with E-state index in [9.17, 15) is 9.59 Å². The van der Waals surface area contributed by atoms with E-state index in [1.807, 2.05) is 69.4 Å². The van der Waals surface area contributed by atoms with Crippen molar-refractivity contribution in [1.82, 2.24) is 25.1 Å². The van der Waals surface area contributed by atoms with Crippen molar-refractivity contribution in [2.75, 3.05) is 26.2 Å². The largest absolute Gasteiger partial charge is 0.355 e. The summed E-state index contributed by atoms with van der Waals surface area (Å²) < 4.78 is 2.06. The van der Waals surface area contributed by atoms with Gasteiger partial charge in [0.2, 0.25) is 11.8 Å². The summed E-state index contributed by atoms with van der Waals surface area (Å²) in [5.41, 5.74) is 3.68. The molecule has 8 heteroatoms. The number of nitriles is 1. The van der Waals surface area contributed by atoms with Crippen LogP contribution in [0.3, 0.4) is 0 Å². The molecule has 2 heterocycles. The van der Waals surface area contributed by atoms with Crippen LogP contribution in [0.4, 0.5) is 0 Å². The van der Waals surface area contributed by atoms with Crippen LogP contribution in [0.1, 0.15) is 49.6 Å². The first-order valence-electron chi connectivity index (χ1n) is 14.0. The Morgan fingerprint density at radius 1 is 0.975 bits per heavy atom. The molecule has 1 saturated heterocycles. The molecule has 1 aliphatic rings. The number of hydrogen-bond acceptors (Lipinski definition) is 5. The molecule has 2 aromatic carbocycles. The second kappa shape index (κ2) is 13.4. The molecule has 1 fully saturated rings. The number of aromatic nitrogens is 2. The average molecular weight is 541 g/mol. The lowest BCUT2D eigenvalue weighted by Crippen LogP contribution is -2.53. The lowest BCUT2D eigenvalue weighted by Gasteiger charge is -2.37. The summed E-state index contributed by atoms with van der Waals surface area (Å²) in [5.74, 6) is -0.463. The zero-order valence-electron chi connectivity index (χ0n) is 23.8. The van der Waals surface area contributed by atoms with E-state index in [1.165, 1.54) is 5.56 Å². The molecule has 2 amide bonds. The Kier molecular flexibility index (Phi) is 9.73. The summed E-state index contributed by atoms with van der Waals surface area (Å²) in [6.07, 6.45) is 5.70. The number of nitrogens with one attached hydrogen (secondary N) is 2. The van der Waals surface area contributed by atoms with Gasteiger partial charge < -0.3 is 20.1 Å². The second-order valence-electron chi connectivity index (χ2n) is 11.7. The fourth-order valence-electron chi connectivity index (χ4n) is 5.19. The van der Waals surface area contributed by atoms with E-state index < -0.39 is 0 Å². The van der Waals surface area contributed by atoms with Crippen LogP contribution in [0, 0.1) is 23.2 Å². The number of imidazole rings is 1. The minimum Gasteiger partial charge on any atom is -0.355 e. The van der Waals surface area contributed by atoms with Crippen LogP contribution >= 0.6 is 0 Å². The topological polar surface area (TPSA) is 103 Å². The summed E-state index contributed by atoms with van der Waals surface area (Å²) in [5, 5.41) is 15.3. The molecule has 1 aliphatic heterocycles. The quantitative estimate of drug-likeness (QED) is 0.409. The van der Waals surface area contributed by atoms with Crippen molar-refractivity contribution in [3.63, 3.8) is 0 Å². The maximum atomic E-state index is 13.3. The Labute approximate surface area is 237 Å². The molecule has 8 nitrogen and oxygen atoms in total. The fourth-order valence-corrected chi connectivity index (χ4v) is 5.19. The molecule has 2 N–H and O–H groups in total. The SMILES string of the molecule is CC(C)(C)NC(=O)[C@H]1C[C@@H](C(=O)NCCc2cncn2Cc2ccc(C#N)cc2)CN(CCc2ccccc2)C1. The first-order valence-corrected chi connectivity index (χ1v) is 14.0. The van der Waals surface area contributed by atoms with E-state index >= 15 is 0 Å². The average Bonchev–Trinajstić information content (AvgIpc) is 3.38. The molecule has 4 rings (SSSR count). The predicted molar refractivity (Wildman–Crippen MR) is 155 cm³/mol. The van der Waals surface area contributed by atoms with Gasteiger partial charge in [0.25, 0.3) is 0 Å². The van der Waals surface area contributed by atoms with Gasteiger partial charge in [-0.2, -0.15) is 5.26 Å². The number of rotatable bonds is 10. The van der Waals surface area contributed by atoms with E-state index in [1.54, 1.807) is 6.33 Å². The van der Waals surface area contributed by atoms with Crippen molar-refractivity contribution in [1.29, 1.82) is 5.26 Å². The second-order valence-corrected chi connectivity index (χ2v) is 11.7. The van der Waals surface area contributed by atoms with Gasteiger partial charge in [-0.1, -0.05) is 42.5 Å². The van der Waals surface area contributed by atoms with Crippen molar-refractivity contribution in [3.8, 4) is 6.07 Å². The third-order valence-corrected chi connectivity index (χ3v) is 7.24. The number of hydrogen-bond donors (Lipinski definition) is 2. The molecule has 0 bridgehead atoms. The Bertz CT molecular complexity index is 1300. The number of carbonyl (C=O) groups excluding carboxylic acids is 2. The van der Waals surface area contributed by atoms with Crippen LogP contribution in [0.2, 0.25) is 0 Å². The van der Waals surface area contributed by atoms with Crippen molar-refractivity contribution < 1.29 is 9.59 Å². The summed E-state index contributed by atoms with van der Waals surface area (Å²) in [7, 11) is 0. The number of nitrogens with zero attached hydrogens (tertiary/aromatic N) is 4. The minimum absolute atomic E-state index is 0.00359. The number of piperidine rings is 1. The van der Waals surface area contributed by atoms with Gasteiger partial charge in [-0.3, -0.25) is 9.59 Å². The molecule has 0 spiro atoms. The van der Waals surface area contributed by atoms with Crippen LogP contribution in [-0.2, 0) is 29.0 Å². The molecule has 1 aromatic heterocycles. The first-order chi connectivity index (χ1) is 19.2. The van der Waals surface area contributed by atoms with Crippen molar-refractivity contribution in [2.45, 2.75) is 52.1 Å². The van der Waals surface area contributed by atoms with E-state index in [4.69, 9.17) is 5.26 Å². The number of carbonyl (C=O) groups is 2. The van der Waals surface area contributed by atoms with Crippen molar-refractivity contribution in [3.05, 3.63) is 89.5 Å². The zero-order valence-corrected chi connectivity index (χ0v) is 23.8. The molecule has 0 aliphatic carbocycles. The molecule has 40 heavy (non-hydrogen) atoms. The number of benzene rings is 2. The fraction of sp³-hybridized carbons (Fsp3) is 0.438. The Hall–Kier alpha value is -3.96. The summed E-state index contributed by atoms with van der Waals surface area (Å²) in [4.78, 5) is 33.0. The zero-order chi connectivity index (χ0) is 28.5. The third-order valence-electron chi connectivity index (χ3n) is 7.24. The van der Waals surface area contributed by atoms with E-state index in [2.05, 4.69) is 43.3 Å². The lowest BCUT2D eigenvalue weighted by atomic mass is 9.87. The monoisotopic (exact) mass is 540 g/mol. The van der Waals surface area contributed by atoms with Crippen LogP contribution in [0.15, 0.2) is 67.1 Å². The van der Waals surface area contributed by atoms with Gasteiger partial charge in [0, 0.05) is 56.6 Å². The van der Waals surface area contributed by atoms with Gasteiger partial charge in [0.1, 0.15) is 0 Å². The third kappa shape index (κ3) is 8.52. The van der Waals surface area contributed by atoms with Gasteiger partial charge in [0.05, 0.1) is 29.8 Å². The Morgan fingerprint density at radius 3 is 2.35 bits per heavy atom. The smallest absolute Gasteiger partial charge is 0.224 e. The summed E-state index contributed by atoms with van der Waals surface area (Å²) >= 11 is 0. The normalized spacial score (nSPS) is 17.6. The van der Waals surface area contributed by atoms with Crippen molar-refractivity contribution in [2.24, 2.45) is 11.8 Å². The Balaban J connectivity index is 1.34. The van der Waals surface area contributed by atoms with Gasteiger partial charge in [-0.25, -0.2) is 4.98 Å². The van der Waals surface area contributed by atoms with Gasteiger partial charge >= 0.3 is 0 Å². The lowest BCUT2D eigenvalue weighted by molar-refractivity contribution is -0.132. The minimum atomic E-state index is -0.318. The van der Waals surface area contributed by atoms with Gasteiger partial charge in [-0.05, 0) is 56.9 Å². The predicted octanol–water partition coefficient (Wildman–Crippen LogP) is 3.56. The van der Waals surface area contributed by atoms with Crippen LogP contribution in [-0.4, -0.2) is 58.0 Å². The highest BCUT2D eigenvalue weighted by molar-refractivity contribution is 5.83. The van der Waals surface area contributed by atoms with Gasteiger partial charge in [-0.15, -0.1) is 0 Å². The van der Waals surface area contributed by atoms with Gasteiger partial charge in [0.15, 0.2) is 0 Å². The number of likely N-dealkylation sites (tertiary alicyclic amines) is 1. The highest BCUT2D eigenvalue weighted by atomic mass is 16.2. The Morgan fingerprint density at radius 2 is 1.68 bits per heavy atom. The standard InChI is InChI=1S/C32H40N6O2/c1-32(2,3)36-31(40)28-17-27(21-37(22-28)16-14-24-7-5-4-6-8-24)30(39)35-15-13-29-19-34-23-38(29)20-26-11-9-25(18-33)10-12-26/h4-12,19,23,27-28H,13-17,20-22H2,1-3H3,(H,35,39)(H,36,40)/t27-,28+/m1/s1. The van der Waals surface area contributed by atoms with E-state index in [-0.39, 0.29) is 29.2 Å². The highest BCUT2D eigenvalue weighted by Gasteiger charge is 2.35. The summed E-state index contributed by atoms with van der Waals surface area (Å²) in [6, 6.07) is 20.0. The molecule has 3 aromatic rings. The maximum Gasteiger partial charge on any atom is 0.224 e. The summed E-state index contributed by atoms with van der Waals surface area (Å²) in [6.45, 7) is 9.21. The maximum absolute atomic E-state index is 13.3. The molecular weight excluding hydrogens is 500 g/mol. The first kappa shape index (κ1) is 29.0. The molecule has 2 atom stereocenters. The molecule has 0 saturated carbocycles. The van der Waals surface area contributed by atoms with Crippen LogP contribution in [0.25, 0.3) is 0 Å². The van der Waals surface area contributed by atoms with Crippen molar-refractivity contribution >= 4 is 11.8 Å². The molecule has 210 valence electrons. The van der Waals surface area contributed by atoms with E-state index in [0.29, 0.717) is 44.6 Å². The van der Waals surface area contributed by atoms with E-state index in [0.717, 1.165) is 24.2 Å². The number of amides is 2. The molecule has 0 unspecified atom stereocenters. The highest BCUT2D eigenvalue weighted by Crippen LogP contribution is 2.24. The molecule has 0 radical (unpaired) electrons. The van der Waals surface area contributed by atoms with Crippen LogP contribution < -0.4 is 10.6 Å². The van der Waals surface area contributed by atoms with Crippen LogP contribution in [0.5, 0.6) is 0 Å². The molecular formula is C32H40N6O2.